The molecule has 1 saturated heterocycles. The maximum Gasteiger partial charge on any atom is 0.322 e. The number of carbonyl (C=O) groups excluding carboxylic acids is 1. The molecule has 1 aliphatic carbocycles. The molecule has 2 aliphatic rings. The minimum Gasteiger partial charge on any atom is -0.316 e. The fourth-order valence-corrected chi connectivity index (χ4v) is 2.96. The Bertz CT molecular complexity index is 535. The Morgan fingerprint density at radius 1 is 1.35 bits per heavy atom. The van der Waals surface area contributed by atoms with Gasteiger partial charge in [-0.25, -0.2) is 4.79 Å². The van der Waals surface area contributed by atoms with Crippen LogP contribution in [0.3, 0.4) is 0 Å². The molecule has 1 aromatic rings. The molecule has 3 nitrogen and oxygen atoms in total. The van der Waals surface area contributed by atoms with Crippen molar-refractivity contribution in [3.8, 4) is 0 Å². The van der Waals surface area contributed by atoms with Gasteiger partial charge in [-0.2, -0.15) is 0 Å². The Balaban J connectivity index is 2.05. The quantitative estimate of drug-likeness (QED) is 0.723. The van der Waals surface area contributed by atoms with Crippen LogP contribution in [0.5, 0.6) is 0 Å². The molecule has 1 aliphatic heterocycles. The zero-order valence-electron chi connectivity index (χ0n) is 10.2. The van der Waals surface area contributed by atoms with Gasteiger partial charge in [0.05, 0.1) is 5.54 Å². The molecule has 2 amide bonds. The maximum absolute atomic E-state index is 11.7. The Kier molecular flexibility index (Phi) is 1.91. The molecule has 88 valence electrons. The molecule has 0 aromatic heterocycles. The Labute approximate surface area is 101 Å². The van der Waals surface area contributed by atoms with Gasteiger partial charge in [-0.15, -0.1) is 0 Å². The van der Waals surface area contributed by atoms with E-state index >= 15 is 0 Å². The highest BCUT2D eigenvalue weighted by molar-refractivity contribution is 5.82. The molecule has 1 N–H and O–H groups in total. The first-order chi connectivity index (χ1) is 8.03. The summed E-state index contributed by atoms with van der Waals surface area (Å²) >= 11 is 0. The van der Waals surface area contributed by atoms with E-state index in [0.29, 0.717) is 0 Å². The summed E-state index contributed by atoms with van der Waals surface area (Å²) in [6, 6.07) is 6.47. The number of benzene rings is 1. The first kappa shape index (κ1) is 10.4. The molecule has 0 saturated carbocycles. The minimum atomic E-state index is -0.243. The summed E-state index contributed by atoms with van der Waals surface area (Å²) in [5.41, 5.74) is 4.53. The number of hydrogen-bond donors (Lipinski definition) is 1. The van der Waals surface area contributed by atoms with Crippen LogP contribution in [0.4, 0.5) is 4.79 Å². The number of amides is 2. The molecular formula is C14H16N2O. The van der Waals surface area contributed by atoms with Gasteiger partial charge in [-0.1, -0.05) is 30.3 Å². The van der Waals surface area contributed by atoms with Gasteiger partial charge >= 0.3 is 6.03 Å². The topological polar surface area (TPSA) is 32.3 Å². The summed E-state index contributed by atoms with van der Waals surface area (Å²) in [7, 11) is 1.85. The van der Waals surface area contributed by atoms with Gasteiger partial charge in [0, 0.05) is 25.6 Å². The summed E-state index contributed by atoms with van der Waals surface area (Å²) in [6.07, 6.45) is 1.74. The van der Waals surface area contributed by atoms with Crippen LogP contribution in [0.15, 0.2) is 30.5 Å². The number of nitrogens with one attached hydrogen (secondary N) is 1. The van der Waals surface area contributed by atoms with Gasteiger partial charge < -0.3 is 10.2 Å². The van der Waals surface area contributed by atoms with Crippen LogP contribution in [0, 0.1) is 6.92 Å². The van der Waals surface area contributed by atoms with E-state index in [1.54, 1.807) is 4.90 Å². The molecule has 0 bridgehead atoms. The average molecular weight is 228 g/mol. The van der Waals surface area contributed by atoms with Crippen molar-refractivity contribution in [1.82, 2.24) is 10.2 Å². The van der Waals surface area contributed by atoms with Gasteiger partial charge in [-0.3, -0.25) is 0 Å². The maximum atomic E-state index is 11.7. The molecule has 0 radical (unpaired) electrons. The molecule has 3 rings (SSSR count). The van der Waals surface area contributed by atoms with E-state index in [0.717, 1.165) is 18.5 Å². The highest BCUT2D eigenvalue weighted by atomic mass is 16.2. The highest BCUT2D eigenvalue weighted by Gasteiger charge is 2.50. The Morgan fingerprint density at radius 2 is 2.06 bits per heavy atom. The largest absolute Gasteiger partial charge is 0.322 e. The van der Waals surface area contributed by atoms with E-state index in [9.17, 15) is 4.79 Å². The van der Waals surface area contributed by atoms with E-state index in [4.69, 9.17) is 0 Å². The molecule has 1 spiro atoms. The van der Waals surface area contributed by atoms with Crippen molar-refractivity contribution in [2.75, 3.05) is 7.05 Å². The third-order valence-corrected chi connectivity index (χ3v) is 4.09. The van der Waals surface area contributed by atoms with E-state index in [-0.39, 0.29) is 11.6 Å². The smallest absolute Gasteiger partial charge is 0.316 e. The fraction of sp³-hybridized carbons (Fsp3) is 0.357. The van der Waals surface area contributed by atoms with E-state index in [1.165, 1.54) is 16.7 Å². The summed E-state index contributed by atoms with van der Waals surface area (Å²) < 4.78 is 0. The lowest BCUT2D eigenvalue weighted by Crippen LogP contribution is -2.44. The normalized spacial score (nSPS) is 26.6. The zero-order chi connectivity index (χ0) is 12.2. The summed E-state index contributed by atoms with van der Waals surface area (Å²) in [4.78, 5) is 13.5. The van der Waals surface area contributed by atoms with Crippen LogP contribution < -0.4 is 5.32 Å². The standard InChI is InChI=1S/C14H16N2O/c1-9-4-5-11-7-14(8-12(11)6-9)10(2)15-13(17)16(14)3/h4-6H,2,7-8H2,1,3H3,(H,15,17). The number of rotatable bonds is 0. The van der Waals surface area contributed by atoms with Gasteiger partial charge in [-0.05, 0) is 18.1 Å². The first-order valence-electron chi connectivity index (χ1n) is 5.85. The molecule has 1 aromatic carbocycles. The molecule has 1 atom stereocenters. The monoisotopic (exact) mass is 228 g/mol. The lowest BCUT2D eigenvalue weighted by atomic mass is 9.92. The molecule has 3 heteroatoms. The van der Waals surface area contributed by atoms with Gasteiger partial charge in [0.15, 0.2) is 0 Å². The van der Waals surface area contributed by atoms with Crippen molar-refractivity contribution in [2.24, 2.45) is 0 Å². The van der Waals surface area contributed by atoms with Crippen molar-refractivity contribution in [2.45, 2.75) is 25.3 Å². The van der Waals surface area contributed by atoms with E-state index in [1.807, 2.05) is 7.05 Å². The fourth-order valence-electron chi connectivity index (χ4n) is 2.96. The number of likely N-dealkylation sites (N-methyl/N-ethyl adjacent to an activating group) is 1. The van der Waals surface area contributed by atoms with Crippen molar-refractivity contribution in [1.29, 1.82) is 0 Å². The van der Waals surface area contributed by atoms with Crippen molar-refractivity contribution >= 4 is 6.03 Å². The number of aryl methyl sites for hydroxylation is 1. The molecule has 1 fully saturated rings. The number of nitrogens with zero attached hydrogens (tertiary/aromatic N) is 1. The number of carbonyl (C=O) groups is 1. The van der Waals surface area contributed by atoms with Crippen LogP contribution in [0.1, 0.15) is 16.7 Å². The third-order valence-electron chi connectivity index (χ3n) is 4.09. The Hall–Kier alpha value is -1.77. The third kappa shape index (κ3) is 1.25. The molecule has 1 unspecified atom stereocenters. The molecule has 17 heavy (non-hydrogen) atoms. The summed E-state index contributed by atoms with van der Waals surface area (Å²) in [6.45, 7) is 6.12. The summed E-state index contributed by atoms with van der Waals surface area (Å²) in [5, 5.41) is 2.84. The first-order valence-corrected chi connectivity index (χ1v) is 5.85. The predicted molar refractivity (Wildman–Crippen MR) is 66.8 cm³/mol. The van der Waals surface area contributed by atoms with Crippen LogP contribution in [-0.2, 0) is 12.8 Å². The molecule has 1 heterocycles. The van der Waals surface area contributed by atoms with Gasteiger partial charge in [0.1, 0.15) is 0 Å². The number of hydrogen-bond acceptors (Lipinski definition) is 1. The van der Waals surface area contributed by atoms with Gasteiger partial charge in [0.25, 0.3) is 0 Å². The van der Waals surface area contributed by atoms with Gasteiger partial charge in [0.2, 0.25) is 0 Å². The zero-order valence-corrected chi connectivity index (χ0v) is 10.2. The van der Waals surface area contributed by atoms with Crippen molar-refractivity contribution in [3.05, 3.63) is 47.2 Å². The highest BCUT2D eigenvalue weighted by Crippen LogP contribution is 2.40. The molecular weight excluding hydrogens is 212 g/mol. The van der Waals surface area contributed by atoms with Crippen molar-refractivity contribution < 1.29 is 4.79 Å². The van der Waals surface area contributed by atoms with Crippen LogP contribution in [0.2, 0.25) is 0 Å². The predicted octanol–water partition coefficient (Wildman–Crippen LogP) is 2.00. The van der Waals surface area contributed by atoms with E-state index < -0.39 is 0 Å². The average Bonchev–Trinajstić information content (AvgIpc) is 2.74. The second kappa shape index (κ2) is 3.13. The lowest BCUT2D eigenvalue weighted by Gasteiger charge is -2.30. The van der Waals surface area contributed by atoms with Crippen LogP contribution in [-0.4, -0.2) is 23.5 Å². The number of urea groups is 1. The SMILES string of the molecule is C=C1NC(=O)N(C)C12Cc1ccc(C)cc1C2. The lowest BCUT2D eigenvalue weighted by molar-refractivity contribution is 0.190. The second-order valence-electron chi connectivity index (χ2n) is 5.13. The minimum absolute atomic E-state index is 0.0421. The summed E-state index contributed by atoms with van der Waals surface area (Å²) in [5.74, 6) is 0. The van der Waals surface area contributed by atoms with E-state index in [2.05, 4.69) is 37.0 Å². The number of fused-ring (bicyclic) bond motifs is 1. The Morgan fingerprint density at radius 3 is 2.71 bits per heavy atom. The van der Waals surface area contributed by atoms with Crippen LogP contribution >= 0.6 is 0 Å². The second-order valence-corrected chi connectivity index (χ2v) is 5.13. The van der Waals surface area contributed by atoms with Crippen molar-refractivity contribution in [3.63, 3.8) is 0 Å². The van der Waals surface area contributed by atoms with Crippen LogP contribution in [0.25, 0.3) is 0 Å².